The predicted molar refractivity (Wildman–Crippen MR) is 69.4 cm³/mol. The Balaban J connectivity index is 2.26. The van der Waals surface area contributed by atoms with Gasteiger partial charge in [0.25, 0.3) is 0 Å². The molecule has 1 rings (SSSR count). The van der Waals surface area contributed by atoms with E-state index in [1.54, 1.807) is 11.8 Å². The Morgan fingerprint density at radius 1 is 1.53 bits per heavy atom. The highest BCUT2D eigenvalue weighted by Crippen LogP contribution is 2.27. The maximum atomic E-state index is 10.8. The molecule has 0 aromatic carbocycles. The van der Waals surface area contributed by atoms with Gasteiger partial charge in [-0.2, -0.15) is 11.8 Å². The van der Waals surface area contributed by atoms with Gasteiger partial charge < -0.3 is 15.6 Å². The normalized spacial score (nSPS) is 20.2. The Kier molecular flexibility index (Phi) is 5.72. The van der Waals surface area contributed by atoms with Crippen LogP contribution in [0.3, 0.4) is 0 Å². The fourth-order valence-corrected chi connectivity index (χ4v) is 2.81. The van der Waals surface area contributed by atoms with Crippen LogP contribution in [0.1, 0.15) is 13.8 Å². The largest absolute Gasteiger partial charge is 0.480 e. The van der Waals surface area contributed by atoms with Crippen LogP contribution >= 0.6 is 11.8 Å². The van der Waals surface area contributed by atoms with Gasteiger partial charge in [-0.1, -0.05) is 0 Å². The van der Waals surface area contributed by atoms with Crippen LogP contribution in [0.2, 0.25) is 0 Å². The van der Waals surface area contributed by atoms with E-state index >= 15 is 0 Å². The number of aliphatic carboxylic acids is 1. The van der Waals surface area contributed by atoms with Gasteiger partial charge in [0.1, 0.15) is 6.04 Å². The second-order valence-corrected chi connectivity index (χ2v) is 6.47. The van der Waals surface area contributed by atoms with Crippen LogP contribution in [0.15, 0.2) is 0 Å². The van der Waals surface area contributed by atoms with Crippen LogP contribution in [-0.4, -0.2) is 65.4 Å². The Bertz CT molecular complexity index is 255. The molecule has 5 nitrogen and oxygen atoms in total. The monoisotopic (exact) mass is 262 g/mol. The maximum absolute atomic E-state index is 10.8. The van der Waals surface area contributed by atoms with Gasteiger partial charge in [-0.05, 0) is 13.8 Å². The second-order valence-electron chi connectivity index (χ2n) is 4.72. The molecule has 0 spiro atoms. The quantitative estimate of drug-likeness (QED) is 0.714. The predicted octanol–water partition coefficient (Wildman–Crippen LogP) is 0.242. The third-order valence-corrected chi connectivity index (χ3v) is 4.38. The third kappa shape index (κ3) is 4.83. The molecule has 0 aromatic heterocycles. The molecule has 1 aliphatic rings. The molecule has 100 valence electrons. The van der Waals surface area contributed by atoms with Gasteiger partial charge >= 0.3 is 5.97 Å². The van der Waals surface area contributed by atoms with E-state index in [1.165, 1.54) is 0 Å². The number of nitrogens with zero attached hydrogens (tertiary/aromatic N) is 1. The number of carboxylic acid groups (broad SMARTS) is 1. The molecule has 3 N–H and O–H groups in total. The number of nitrogens with two attached hydrogens (primary N) is 1. The fourth-order valence-electron chi connectivity index (χ4n) is 1.65. The summed E-state index contributed by atoms with van der Waals surface area (Å²) in [6, 6.07) is -0.822. The minimum Gasteiger partial charge on any atom is -0.480 e. The van der Waals surface area contributed by atoms with E-state index in [1.807, 2.05) is 13.8 Å². The molecule has 0 aliphatic carbocycles. The molecule has 6 heteroatoms. The molecule has 0 saturated carbocycles. The number of hydrogen-bond donors (Lipinski definition) is 2. The second kappa shape index (κ2) is 6.58. The van der Waals surface area contributed by atoms with Crippen molar-refractivity contribution in [3.8, 4) is 0 Å². The van der Waals surface area contributed by atoms with Crippen molar-refractivity contribution < 1.29 is 14.6 Å². The van der Waals surface area contributed by atoms with Crippen molar-refractivity contribution in [2.24, 2.45) is 5.73 Å². The van der Waals surface area contributed by atoms with Gasteiger partial charge in [0.2, 0.25) is 0 Å². The van der Waals surface area contributed by atoms with Crippen molar-refractivity contribution in [3.63, 3.8) is 0 Å². The van der Waals surface area contributed by atoms with Crippen LogP contribution in [0.25, 0.3) is 0 Å². The van der Waals surface area contributed by atoms with Gasteiger partial charge in [-0.3, -0.25) is 9.69 Å². The SMILES string of the molecule is CC(C)(SCCN1CCOCC1)[C@@H](N)C(=O)O. The average Bonchev–Trinajstić information content (AvgIpc) is 2.29. The van der Waals surface area contributed by atoms with E-state index in [0.29, 0.717) is 0 Å². The van der Waals surface area contributed by atoms with E-state index in [4.69, 9.17) is 15.6 Å². The first-order chi connectivity index (χ1) is 7.93. The minimum absolute atomic E-state index is 0.432. The Morgan fingerprint density at radius 3 is 2.65 bits per heavy atom. The summed E-state index contributed by atoms with van der Waals surface area (Å²) in [6.07, 6.45) is 0. The molecule has 1 heterocycles. The van der Waals surface area contributed by atoms with Crippen LogP contribution in [0.4, 0.5) is 0 Å². The Hall–Kier alpha value is -0.300. The van der Waals surface area contributed by atoms with E-state index in [2.05, 4.69) is 4.90 Å². The number of carbonyl (C=O) groups is 1. The third-order valence-electron chi connectivity index (χ3n) is 3.00. The molecule has 1 fully saturated rings. The van der Waals surface area contributed by atoms with Gasteiger partial charge in [-0.25, -0.2) is 0 Å². The standard InChI is InChI=1S/C11H22N2O3S/c1-11(2,9(12)10(14)15)17-8-5-13-3-6-16-7-4-13/h9H,3-8,12H2,1-2H3,(H,14,15)/t9-/m0/s1. The van der Waals surface area contributed by atoms with Gasteiger partial charge in [0.05, 0.1) is 13.2 Å². The molecule has 0 bridgehead atoms. The summed E-state index contributed by atoms with van der Waals surface area (Å²) < 4.78 is 4.84. The average molecular weight is 262 g/mol. The van der Waals surface area contributed by atoms with Crippen molar-refractivity contribution in [2.75, 3.05) is 38.6 Å². The van der Waals surface area contributed by atoms with Crippen molar-refractivity contribution in [1.29, 1.82) is 0 Å². The van der Waals surface area contributed by atoms with Crippen molar-refractivity contribution in [3.05, 3.63) is 0 Å². The lowest BCUT2D eigenvalue weighted by atomic mass is 10.1. The van der Waals surface area contributed by atoms with Crippen molar-refractivity contribution in [1.82, 2.24) is 4.90 Å². The highest BCUT2D eigenvalue weighted by molar-refractivity contribution is 8.00. The number of rotatable bonds is 6. The molecule has 1 saturated heterocycles. The Morgan fingerprint density at radius 2 is 2.12 bits per heavy atom. The van der Waals surface area contributed by atoms with Gasteiger partial charge in [0, 0.05) is 30.1 Å². The Labute approximate surface area is 107 Å². The van der Waals surface area contributed by atoms with Crippen LogP contribution in [0, 0.1) is 0 Å². The van der Waals surface area contributed by atoms with E-state index < -0.39 is 16.8 Å². The highest BCUT2D eigenvalue weighted by atomic mass is 32.2. The molecular formula is C11H22N2O3S. The summed E-state index contributed by atoms with van der Waals surface area (Å²) in [6.45, 7) is 8.25. The van der Waals surface area contributed by atoms with Gasteiger partial charge in [-0.15, -0.1) is 0 Å². The number of carboxylic acids is 1. The summed E-state index contributed by atoms with van der Waals surface area (Å²) in [5.74, 6) is -0.0394. The maximum Gasteiger partial charge on any atom is 0.321 e. The molecule has 0 radical (unpaired) electrons. The van der Waals surface area contributed by atoms with Crippen molar-refractivity contribution >= 4 is 17.7 Å². The molecule has 17 heavy (non-hydrogen) atoms. The minimum atomic E-state index is -0.936. The molecule has 0 unspecified atom stereocenters. The zero-order chi connectivity index (χ0) is 12.9. The highest BCUT2D eigenvalue weighted by Gasteiger charge is 2.32. The summed E-state index contributed by atoms with van der Waals surface area (Å²) >= 11 is 1.62. The van der Waals surface area contributed by atoms with Crippen LogP contribution < -0.4 is 5.73 Å². The van der Waals surface area contributed by atoms with Crippen molar-refractivity contribution in [2.45, 2.75) is 24.6 Å². The molecule has 0 amide bonds. The van der Waals surface area contributed by atoms with E-state index in [-0.39, 0.29) is 0 Å². The molecular weight excluding hydrogens is 240 g/mol. The first kappa shape index (κ1) is 14.8. The number of morpholine rings is 1. The summed E-state index contributed by atoms with van der Waals surface area (Å²) in [5, 5.41) is 8.90. The van der Waals surface area contributed by atoms with Gasteiger partial charge in [0.15, 0.2) is 0 Å². The number of ether oxygens (including phenoxy) is 1. The topological polar surface area (TPSA) is 75.8 Å². The zero-order valence-electron chi connectivity index (χ0n) is 10.5. The first-order valence-corrected chi connectivity index (χ1v) is 6.84. The van der Waals surface area contributed by atoms with Crippen LogP contribution in [0.5, 0.6) is 0 Å². The zero-order valence-corrected chi connectivity index (χ0v) is 11.3. The summed E-state index contributed by atoms with van der Waals surface area (Å²) in [4.78, 5) is 13.2. The summed E-state index contributed by atoms with van der Waals surface area (Å²) in [5.41, 5.74) is 5.66. The summed E-state index contributed by atoms with van der Waals surface area (Å²) in [7, 11) is 0. The first-order valence-electron chi connectivity index (χ1n) is 5.86. The van der Waals surface area contributed by atoms with E-state index in [9.17, 15) is 4.79 Å². The number of thioether (sulfide) groups is 1. The molecule has 1 atom stereocenters. The lowest BCUT2D eigenvalue weighted by molar-refractivity contribution is -0.139. The smallest absolute Gasteiger partial charge is 0.321 e. The lowest BCUT2D eigenvalue weighted by Crippen LogP contribution is -2.47. The fraction of sp³-hybridized carbons (Fsp3) is 0.909. The van der Waals surface area contributed by atoms with Crippen LogP contribution in [-0.2, 0) is 9.53 Å². The lowest BCUT2D eigenvalue weighted by Gasteiger charge is -2.31. The molecule has 1 aliphatic heterocycles. The van der Waals surface area contributed by atoms with E-state index in [0.717, 1.165) is 38.6 Å². The number of hydrogen-bond acceptors (Lipinski definition) is 5. The molecule has 0 aromatic rings.